The van der Waals surface area contributed by atoms with Crippen LogP contribution in [0.2, 0.25) is 0 Å². The molecular formula is C11H16BrNO3S2. The van der Waals surface area contributed by atoms with Crippen LogP contribution < -0.4 is 0 Å². The van der Waals surface area contributed by atoms with Gasteiger partial charge in [0.25, 0.3) is 0 Å². The largest absolute Gasteiger partial charge is 0.373 e. The minimum absolute atomic E-state index is 0.0640. The summed E-state index contributed by atoms with van der Waals surface area (Å²) in [5.41, 5.74) is 0. The second-order valence-corrected chi connectivity index (χ2v) is 9.09. The van der Waals surface area contributed by atoms with Crippen molar-refractivity contribution in [3.8, 4) is 0 Å². The van der Waals surface area contributed by atoms with E-state index in [1.54, 1.807) is 6.07 Å². The molecule has 1 aromatic rings. The Bertz CT molecular complexity index is 530. The van der Waals surface area contributed by atoms with Crippen LogP contribution in [-0.4, -0.2) is 38.0 Å². The third kappa shape index (κ3) is 2.80. The standard InChI is InChI=1S/C11H16BrNO3S2/c1-7-5-13(6-8(2)16-7)18(14,15)10-4-11(12)17-9(10)3/h4,7-8H,5-6H2,1-3H3. The summed E-state index contributed by atoms with van der Waals surface area (Å²) in [5.74, 6) is 0. The number of rotatable bonds is 2. The lowest BCUT2D eigenvalue weighted by Crippen LogP contribution is -2.48. The van der Waals surface area contributed by atoms with Gasteiger partial charge in [-0.15, -0.1) is 11.3 Å². The quantitative estimate of drug-likeness (QED) is 0.820. The third-order valence-corrected chi connectivity index (χ3v) is 6.49. The average molecular weight is 354 g/mol. The van der Waals surface area contributed by atoms with Crippen molar-refractivity contribution in [2.45, 2.75) is 37.9 Å². The van der Waals surface area contributed by atoms with Gasteiger partial charge in [0, 0.05) is 18.0 Å². The van der Waals surface area contributed by atoms with Crippen LogP contribution in [0, 0.1) is 6.92 Å². The van der Waals surface area contributed by atoms with Gasteiger partial charge in [0.15, 0.2) is 0 Å². The van der Waals surface area contributed by atoms with Gasteiger partial charge < -0.3 is 4.74 Å². The number of hydrogen-bond donors (Lipinski definition) is 0. The Kier molecular flexibility index (Phi) is 4.18. The van der Waals surface area contributed by atoms with E-state index in [4.69, 9.17) is 4.74 Å². The van der Waals surface area contributed by atoms with E-state index in [1.807, 2.05) is 20.8 Å². The molecule has 1 saturated heterocycles. The Morgan fingerprint density at radius 2 is 1.94 bits per heavy atom. The maximum Gasteiger partial charge on any atom is 0.244 e. The summed E-state index contributed by atoms with van der Waals surface area (Å²) in [5, 5.41) is 0. The molecule has 2 heterocycles. The molecule has 2 unspecified atom stereocenters. The maximum atomic E-state index is 12.6. The number of aryl methyl sites for hydroxylation is 1. The normalized spacial score (nSPS) is 26.4. The Hall–Kier alpha value is 0.0500. The molecule has 1 aromatic heterocycles. The predicted octanol–water partition coefficient (Wildman–Crippen LogP) is 2.62. The number of nitrogens with zero attached hydrogens (tertiary/aromatic N) is 1. The molecular weight excluding hydrogens is 338 g/mol. The number of thiophene rings is 1. The summed E-state index contributed by atoms with van der Waals surface area (Å²) in [7, 11) is -3.40. The first-order valence-electron chi connectivity index (χ1n) is 5.72. The van der Waals surface area contributed by atoms with Gasteiger partial charge in [0.05, 0.1) is 20.9 Å². The molecule has 4 nitrogen and oxygen atoms in total. The fraction of sp³-hybridized carbons (Fsp3) is 0.636. The lowest BCUT2D eigenvalue weighted by Gasteiger charge is -2.34. The van der Waals surface area contributed by atoms with Crippen molar-refractivity contribution in [1.29, 1.82) is 0 Å². The van der Waals surface area contributed by atoms with Gasteiger partial charge in [0.2, 0.25) is 10.0 Å². The highest BCUT2D eigenvalue weighted by atomic mass is 79.9. The fourth-order valence-corrected chi connectivity index (χ4v) is 6.13. The molecule has 0 aliphatic carbocycles. The molecule has 0 aromatic carbocycles. The number of ether oxygens (including phenoxy) is 1. The summed E-state index contributed by atoms with van der Waals surface area (Å²) >= 11 is 4.78. The molecule has 0 spiro atoms. The lowest BCUT2D eigenvalue weighted by molar-refractivity contribution is -0.0440. The van der Waals surface area contributed by atoms with Crippen LogP contribution in [0.1, 0.15) is 18.7 Å². The summed E-state index contributed by atoms with van der Waals surface area (Å²) in [4.78, 5) is 1.22. The van der Waals surface area contributed by atoms with Crippen LogP contribution in [-0.2, 0) is 14.8 Å². The van der Waals surface area contributed by atoms with E-state index >= 15 is 0 Å². The smallest absolute Gasteiger partial charge is 0.244 e. The zero-order valence-electron chi connectivity index (χ0n) is 10.5. The van der Waals surface area contributed by atoms with E-state index in [1.165, 1.54) is 15.6 Å². The van der Waals surface area contributed by atoms with Crippen LogP contribution in [0.3, 0.4) is 0 Å². The fourth-order valence-electron chi connectivity index (χ4n) is 2.15. The number of morpholine rings is 1. The molecule has 18 heavy (non-hydrogen) atoms. The Balaban J connectivity index is 2.34. The van der Waals surface area contributed by atoms with E-state index in [2.05, 4.69) is 15.9 Å². The van der Waals surface area contributed by atoms with Crippen molar-refractivity contribution >= 4 is 37.3 Å². The van der Waals surface area contributed by atoms with Gasteiger partial charge >= 0.3 is 0 Å². The summed E-state index contributed by atoms with van der Waals surface area (Å²) in [6.07, 6.45) is -0.128. The first-order chi connectivity index (χ1) is 8.30. The molecule has 102 valence electrons. The Morgan fingerprint density at radius 1 is 1.39 bits per heavy atom. The minimum atomic E-state index is -3.40. The average Bonchev–Trinajstić information content (AvgIpc) is 2.57. The van der Waals surface area contributed by atoms with Gasteiger partial charge in [-0.3, -0.25) is 0 Å². The molecule has 1 aliphatic heterocycles. The van der Waals surface area contributed by atoms with Gasteiger partial charge in [-0.25, -0.2) is 8.42 Å². The molecule has 0 amide bonds. The van der Waals surface area contributed by atoms with Crippen molar-refractivity contribution in [3.05, 3.63) is 14.7 Å². The van der Waals surface area contributed by atoms with E-state index < -0.39 is 10.0 Å². The zero-order chi connectivity index (χ0) is 13.5. The highest BCUT2D eigenvalue weighted by Crippen LogP contribution is 2.32. The minimum Gasteiger partial charge on any atom is -0.373 e. The maximum absolute atomic E-state index is 12.6. The molecule has 1 aliphatic rings. The van der Waals surface area contributed by atoms with Crippen LogP contribution in [0.15, 0.2) is 14.7 Å². The monoisotopic (exact) mass is 353 g/mol. The molecule has 0 bridgehead atoms. The summed E-state index contributed by atoms with van der Waals surface area (Å²) < 4.78 is 33.1. The van der Waals surface area contributed by atoms with Crippen molar-refractivity contribution in [2.24, 2.45) is 0 Å². The number of sulfonamides is 1. The topological polar surface area (TPSA) is 46.6 Å². The Morgan fingerprint density at radius 3 is 2.39 bits per heavy atom. The predicted molar refractivity (Wildman–Crippen MR) is 75.5 cm³/mol. The number of hydrogen-bond acceptors (Lipinski definition) is 4. The van der Waals surface area contributed by atoms with Gasteiger partial charge in [0.1, 0.15) is 0 Å². The first kappa shape index (κ1) is 14.5. The highest BCUT2D eigenvalue weighted by Gasteiger charge is 2.33. The number of halogens is 1. The molecule has 2 atom stereocenters. The summed E-state index contributed by atoms with van der Waals surface area (Å²) in [6.45, 7) is 6.46. The molecule has 0 radical (unpaired) electrons. The van der Waals surface area contributed by atoms with Crippen molar-refractivity contribution in [3.63, 3.8) is 0 Å². The second-order valence-electron chi connectivity index (χ2n) is 4.55. The van der Waals surface area contributed by atoms with Crippen LogP contribution >= 0.6 is 27.3 Å². The molecule has 2 rings (SSSR count). The second kappa shape index (κ2) is 5.20. The molecule has 0 saturated carbocycles. The van der Waals surface area contributed by atoms with E-state index in [-0.39, 0.29) is 12.2 Å². The molecule has 7 heteroatoms. The van der Waals surface area contributed by atoms with Crippen LogP contribution in [0.4, 0.5) is 0 Å². The van der Waals surface area contributed by atoms with Gasteiger partial charge in [-0.2, -0.15) is 4.31 Å². The van der Waals surface area contributed by atoms with Gasteiger partial charge in [-0.05, 0) is 42.8 Å². The molecule has 1 fully saturated rings. The highest BCUT2D eigenvalue weighted by molar-refractivity contribution is 9.11. The van der Waals surface area contributed by atoms with Crippen molar-refractivity contribution in [2.75, 3.05) is 13.1 Å². The third-order valence-electron chi connectivity index (χ3n) is 2.85. The van der Waals surface area contributed by atoms with E-state index in [9.17, 15) is 8.42 Å². The SMILES string of the molecule is Cc1sc(Br)cc1S(=O)(=O)N1CC(C)OC(C)C1. The first-order valence-corrected chi connectivity index (χ1v) is 8.77. The lowest BCUT2D eigenvalue weighted by atomic mass is 10.3. The van der Waals surface area contributed by atoms with Gasteiger partial charge in [-0.1, -0.05) is 0 Å². The Labute approximate surface area is 120 Å². The van der Waals surface area contributed by atoms with E-state index in [0.717, 1.165) is 8.66 Å². The summed E-state index contributed by atoms with van der Waals surface area (Å²) in [6, 6.07) is 1.68. The van der Waals surface area contributed by atoms with Crippen molar-refractivity contribution < 1.29 is 13.2 Å². The zero-order valence-corrected chi connectivity index (χ0v) is 13.7. The molecule has 0 N–H and O–H groups in total. The van der Waals surface area contributed by atoms with Crippen LogP contribution in [0.25, 0.3) is 0 Å². The van der Waals surface area contributed by atoms with E-state index in [0.29, 0.717) is 18.0 Å². The van der Waals surface area contributed by atoms with Crippen LogP contribution in [0.5, 0.6) is 0 Å². The van der Waals surface area contributed by atoms with Crippen molar-refractivity contribution in [1.82, 2.24) is 4.31 Å².